The van der Waals surface area contributed by atoms with Crippen LogP contribution in [0.3, 0.4) is 0 Å². The fourth-order valence-electron chi connectivity index (χ4n) is 4.47. The van der Waals surface area contributed by atoms with Crippen molar-refractivity contribution >= 4 is 11.5 Å². The van der Waals surface area contributed by atoms with Gasteiger partial charge in [-0.1, -0.05) is 23.8 Å². The fourth-order valence-corrected chi connectivity index (χ4v) is 4.47. The van der Waals surface area contributed by atoms with Crippen LogP contribution in [0.5, 0.6) is 0 Å². The van der Waals surface area contributed by atoms with Crippen LogP contribution in [-0.2, 0) is 11.8 Å². The number of hydrogen-bond acceptors (Lipinski definition) is 6. The number of ether oxygens (including phenoxy) is 1. The third-order valence-corrected chi connectivity index (χ3v) is 6.13. The van der Waals surface area contributed by atoms with Crippen LogP contribution < -0.4 is 4.90 Å². The number of benzene rings is 1. The van der Waals surface area contributed by atoms with Gasteiger partial charge in [0.2, 0.25) is 0 Å². The zero-order valence-corrected chi connectivity index (χ0v) is 19.5. The second-order valence-electron chi connectivity index (χ2n) is 8.68. The first-order valence-electron chi connectivity index (χ1n) is 11.4. The summed E-state index contributed by atoms with van der Waals surface area (Å²) >= 11 is 0. The quantitative estimate of drug-likeness (QED) is 0.414. The normalized spacial score (nSPS) is 14.3. The monoisotopic (exact) mass is 454 g/mol. The van der Waals surface area contributed by atoms with E-state index in [-0.39, 0.29) is 0 Å². The van der Waals surface area contributed by atoms with E-state index in [1.807, 2.05) is 52.2 Å². The number of aromatic nitrogens is 7. The van der Waals surface area contributed by atoms with Gasteiger partial charge in [-0.3, -0.25) is 4.68 Å². The second-order valence-corrected chi connectivity index (χ2v) is 8.68. The molecule has 1 aromatic carbocycles. The van der Waals surface area contributed by atoms with E-state index < -0.39 is 0 Å². The van der Waals surface area contributed by atoms with E-state index in [4.69, 9.17) is 19.9 Å². The minimum atomic E-state index is 0.688. The molecular weight excluding hydrogens is 428 g/mol. The van der Waals surface area contributed by atoms with Gasteiger partial charge in [0.1, 0.15) is 11.5 Å². The van der Waals surface area contributed by atoms with Crippen molar-refractivity contribution < 1.29 is 4.74 Å². The van der Waals surface area contributed by atoms with Gasteiger partial charge in [-0.15, -0.1) is 0 Å². The number of aryl methyl sites for hydroxylation is 3. The number of nitrogens with zero attached hydrogens (tertiary/aromatic N) is 8. The Balaban J connectivity index is 1.48. The summed E-state index contributed by atoms with van der Waals surface area (Å²) < 4.78 is 11.2. The Morgan fingerprint density at radius 2 is 1.74 bits per heavy atom. The van der Waals surface area contributed by atoms with Crippen molar-refractivity contribution in [2.75, 3.05) is 31.2 Å². The Morgan fingerprint density at radius 3 is 2.50 bits per heavy atom. The highest BCUT2D eigenvalue weighted by Crippen LogP contribution is 2.26. The minimum Gasteiger partial charge on any atom is -0.378 e. The average Bonchev–Trinajstić information content (AvgIpc) is 3.57. The lowest BCUT2D eigenvalue weighted by Gasteiger charge is -2.29. The maximum atomic E-state index is 5.59. The molecule has 1 aliphatic rings. The molecule has 0 bridgehead atoms. The molecule has 1 saturated heterocycles. The molecule has 172 valence electrons. The summed E-state index contributed by atoms with van der Waals surface area (Å²) in [4.78, 5) is 7.21. The van der Waals surface area contributed by atoms with Crippen molar-refractivity contribution in [3.8, 4) is 28.5 Å². The molecule has 34 heavy (non-hydrogen) atoms. The summed E-state index contributed by atoms with van der Waals surface area (Å²) in [6.45, 7) is 7.04. The number of morpholine rings is 1. The summed E-state index contributed by atoms with van der Waals surface area (Å²) in [6, 6.07) is 16.5. The summed E-state index contributed by atoms with van der Waals surface area (Å²) in [5, 5.41) is 14.2. The van der Waals surface area contributed by atoms with E-state index in [1.54, 1.807) is 0 Å². The van der Waals surface area contributed by atoms with Crippen molar-refractivity contribution in [2.24, 2.45) is 7.05 Å². The third kappa shape index (κ3) is 3.63. The Kier molecular flexibility index (Phi) is 4.91. The third-order valence-electron chi connectivity index (χ3n) is 6.13. The van der Waals surface area contributed by atoms with Crippen molar-refractivity contribution in [1.29, 1.82) is 0 Å². The molecule has 0 atom stereocenters. The molecule has 0 unspecified atom stereocenters. The van der Waals surface area contributed by atoms with Crippen molar-refractivity contribution in [3.05, 3.63) is 66.0 Å². The topological polar surface area (TPSA) is 78.3 Å². The molecule has 0 radical (unpaired) electrons. The summed E-state index contributed by atoms with van der Waals surface area (Å²) in [6.07, 6.45) is 1.96. The van der Waals surface area contributed by atoms with Gasteiger partial charge in [-0.05, 0) is 32.0 Å². The van der Waals surface area contributed by atoms with Crippen LogP contribution in [0.1, 0.15) is 11.3 Å². The number of anilines is 1. The lowest BCUT2D eigenvalue weighted by Crippen LogP contribution is -2.37. The van der Waals surface area contributed by atoms with Crippen molar-refractivity contribution in [1.82, 2.24) is 34.2 Å². The van der Waals surface area contributed by atoms with Gasteiger partial charge in [0.15, 0.2) is 11.5 Å². The van der Waals surface area contributed by atoms with E-state index in [9.17, 15) is 0 Å². The van der Waals surface area contributed by atoms with Gasteiger partial charge in [0, 0.05) is 44.0 Å². The van der Waals surface area contributed by atoms with E-state index in [2.05, 4.69) is 47.3 Å². The molecule has 5 aromatic rings. The molecule has 1 aliphatic heterocycles. The van der Waals surface area contributed by atoms with Gasteiger partial charge in [-0.25, -0.2) is 9.67 Å². The zero-order chi connectivity index (χ0) is 23.2. The summed E-state index contributed by atoms with van der Waals surface area (Å²) in [5.74, 6) is 1.72. The Morgan fingerprint density at radius 1 is 0.882 bits per heavy atom. The highest BCUT2D eigenvalue weighted by Gasteiger charge is 2.20. The van der Waals surface area contributed by atoms with Crippen LogP contribution >= 0.6 is 0 Å². The lowest BCUT2D eigenvalue weighted by molar-refractivity contribution is 0.122. The van der Waals surface area contributed by atoms with Crippen LogP contribution in [0, 0.1) is 13.8 Å². The molecule has 4 aromatic heterocycles. The first-order valence-corrected chi connectivity index (χ1v) is 11.4. The second kappa shape index (κ2) is 8.11. The summed E-state index contributed by atoms with van der Waals surface area (Å²) in [5.41, 5.74) is 6.72. The largest absolute Gasteiger partial charge is 0.378 e. The van der Waals surface area contributed by atoms with Gasteiger partial charge in [-0.2, -0.15) is 19.8 Å². The molecule has 6 rings (SSSR count). The molecule has 9 heteroatoms. The molecule has 0 amide bonds. The zero-order valence-electron chi connectivity index (χ0n) is 19.5. The van der Waals surface area contributed by atoms with Crippen LogP contribution in [0.15, 0.2) is 54.7 Å². The standard InChI is InChI=1S/C25H26N8O/c1-17-5-4-6-19(13-17)20-7-8-32(28-20)23-16-25(31-9-11-34-12-10-31)33-24(26-23)15-21(29-33)22-14-18(2)27-30(22)3/h4-8,13-16H,9-12H2,1-3H3. The lowest BCUT2D eigenvalue weighted by atomic mass is 10.1. The molecule has 0 saturated carbocycles. The molecule has 0 N–H and O–H groups in total. The maximum Gasteiger partial charge on any atom is 0.160 e. The average molecular weight is 455 g/mol. The predicted octanol–water partition coefficient (Wildman–Crippen LogP) is 3.44. The molecular formula is C25H26N8O. The first-order chi connectivity index (χ1) is 16.5. The van der Waals surface area contributed by atoms with Crippen molar-refractivity contribution in [3.63, 3.8) is 0 Å². The first kappa shape index (κ1) is 20.6. The highest BCUT2D eigenvalue weighted by atomic mass is 16.5. The van der Waals surface area contributed by atoms with E-state index >= 15 is 0 Å². The molecule has 0 aliphatic carbocycles. The molecule has 9 nitrogen and oxygen atoms in total. The Labute approximate surface area is 197 Å². The van der Waals surface area contributed by atoms with Crippen LogP contribution in [0.4, 0.5) is 5.82 Å². The van der Waals surface area contributed by atoms with Gasteiger partial charge >= 0.3 is 0 Å². The van der Waals surface area contributed by atoms with E-state index in [0.717, 1.165) is 58.7 Å². The van der Waals surface area contributed by atoms with Crippen LogP contribution in [0.25, 0.3) is 34.1 Å². The SMILES string of the molecule is Cc1cccc(-c2ccn(-c3cc(N4CCOCC4)n4nc(-c5cc(C)nn5C)cc4n3)n2)c1. The van der Waals surface area contributed by atoms with Gasteiger partial charge < -0.3 is 9.64 Å². The fraction of sp³-hybridized carbons (Fsp3) is 0.280. The van der Waals surface area contributed by atoms with Crippen LogP contribution in [-0.4, -0.2) is 60.5 Å². The number of fused-ring (bicyclic) bond motifs is 1. The molecule has 1 fully saturated rings. The smallest absolute Gasteiger partial charge is 0.160 e. The van der Waals surface area contributed by atoms with Crippen LogP contribution in [0.2, 0.25) is 0 Å². The van der Waals surface area contributed by atoms with Crippen molar-refractivity contribution in [2.45, 2.75) is 13.8 Å². The minimum absolute atomic E-state index is 0.688. The highest BCUT2D eigenvalue weighted by molar-refractivity contribution is 5.65. The number of hydrogen-bond donors (Lipinski definition) is 0. The Bertz CT molecular complexity index is 1490. The van der Waals surface area contributed by atoms with E-state index in [0.29, 0.717) is 13.2 Å². The predicted molar refractivity (Wildman–Crippen MR) is 130 cm³/mol. The van der Waals surface area contributed by atoms with E-state index in [1.165, 1.54) is 5.56 Å². The molecule has 5 heterocycles. The number of rotatable bonds is 4. The van der Waals surface area contributed by atoms with Gasteiger partial charge in [0.05, 0.1) is 30.3 Å². The molecule has 0 spiro atoms. The van der Waals surface area contributed by atoms with Gasteiger partial charge in [0.25, 0.3) is 0 Å². The maximum absolute atomic E-state index is 5.59. The Hall–Kier alpha value is -3.98. The summed E-state index contributed by atoms with van der Waals surface area (Å²) in [7, 11) is 1.94.